The largest absolute Gasteiger partial charge is 0.365 e. The number of hydrogen-bond acceptors (Lipinski definition) is 5. The van der Waals surface area contributed by atoms with E-state index in [1.54, 1.807) is 22.0 Å². The van der Waals surface area contributed by atoms with Crippen molar-refractivity contribution in [2.24, 2.45) is 7.05 Å². The van der Waals surface area contributed by atoms with Crippen molar-refractivity contribution < 1.29 is 4.79 Å². The van der Waals surface area contributed by atoms with Gasteiger partial charge in [0.15, 0.2) is 10.6 Å². The predicted octanol–water partition coefficient (Wildman–Crippen LogP) is 3.41. The Bertz CT molecular complexity index is 1110. The second-order valence-electron chi connectivity index (χ2n) is 7.80. The summed E-state index contributed by atoms with van der Waals surface area (Å²) in [5.41, 5.74) is 3.15. The number of carbonyl (C=O) groups is 1. The highest BCUT2D eigenvalue weighted by Crippen LogP contribution is 2.42. The molecule has 0 saturated carbocycles. The molecule has 6 nitrogen and oxygen atoms in total. The lowest BCUT2D eigenvalue weighted by molar-refractivity contribution is 0.0673. The Balaban J connectivity index is 1.64. The lowest BCUT2D eigenvalue weighted by Gasteiger charge is -2.41. The van der Waals surface area contributed by atoms with Crippen molar-refractivity contribution in [1.29, 1.82) is 0 Å². The lowest BCUT2D eigenvalue weighted by atomic mass is 9.70. The Morgan fingerprint density at radius 3 is 2.50 bits per heavy atom. The first kappa shape index (κ1) is 20.3. The van der Waals surface area contributed by atoms with Crippen LogP contribution in [0.4, 0.5) is 5.13 Å². The van der Waals surface area contributed by atoms with Gasteiger partial charge >= 0.3 is 0 Å². The van der Waals surface area contributed by atoms with Gasteiger partial charge in [-0.3, -0.25) is 9.59 Å². The smallest absolute Gasteiger partial charge is 0.270 e. The number of likely N-dealkylation sites (tertiary alicyclic amines) is 1. The van der Waals surface area contributed by atoms with E-state index in [1.807, 2.05) is 32.0 Å². The molecule has 1 aliphatic heterocycles. The lowest BCUT2D eigenvalue weighted by Crippen LogP contribution is -2.46. The van der Waals surface area contributed by atoms with Gasteiger partial charge in [0.25, 0.3) is 5.91 Å². The van der Waals surface area contributed by atoms with E-state index in [9.17, 15) is 9.59 Å². The Morgan fingerprint density at radius 2 is 1.87 bits per heavy atom. The summed E-state index contributed by atoms with van der Waals surface area (Å²) in [7, 11) is 3.71. The molecule has 1 aliphatic rings. The van der Waals surface area contributed by atoms with Crippen molar-refractivity contribution in [3.05, 3.63) is 80.7 Å². The van der Waals surface area contributed by atoms with Crippen molar-refractivity contribution in [1.82, 2.24) is 14.5 Å². The first-order valence-electron chi connectivity index (χ1n) is 10.1. The van der Waals surface area contributed by atoms with Gasteiger partial charge in [0.2, 0.25) is 0 Å². The number of rotatable bonds is 4. The molecule has 30 heavy (non-hydrogen) atoms. The maximum absolute atomic E-state index is 13.2. The molecule has 156 valence electrons. The van der Waals surface area contributed by atoms with E-state index in [0.29, 0.717) is 18.8 Å². The van der Waals surface area contributed by atoms with Crippen molar-refractivity contribution in [3.8, 4) is 0 Å². The van der Waals surface area contributed by atoms with Crippen molar-refractivity contribution >= 4 is 22.4 Å². The van der Waals surface area contributed by atoms with Gasteiger partial charge in [-0.15, -0.1) is 11.3 Å². The van der Waals surface area contributed by atoms with Crippen LogP contribution in [0.15, 0.2) is 52.6 Å². The summed E-state index contributed by atoms with van der Waals surface area (Å²) in [4.78, 5) is 31.8. The summed E-state index contributed by atoms with van der Waals surface area (Å²) in [5, 5.41) is 6.15. The minimum absolute atomic E-state index is 0.0887. The predicted molar refractivity (Wildman–Crippen MR) is 120 cm³/mol. The SMILES string of the molecule is CNc1nc(C2(c3ccccc3)CCN(C(=O)c3cc(=O)cc(C)n3C)CC2)cs1. The zero-order valence-electron chi connectivity index (χ0n) is 17.5. The van der Waals surface area contributed by atoms with Crippen LogP contribution in [0.25, 0.3) is 0 Å². The fourth-order valence-electron chi connectivity index (χ4n) is 4.28. The summed E-state index contributed by atoms with van der Waals surface area (Å²) < 4.78 is 1.79. The van der Waals surface area contributed by atoms with Gasteiger partial charge in [-0.05, 0) is 25.3 Å². The Morgan fingerprint density at radius 1 is 1.17 bits per heavy atom. The number of hydrogen-bond donors (Lipinski definition) is 1. The van der Waals surface area contributed by atoms with E-state index in [2.05, 4.69) is 35.0 Å². The van der Waals surface area contributed by atoms with E-state index in [1.165, 1.54) is 11.6 Å². The number of carbonyl (C=O) groups excluding carboxylic acids is 1. The Kier molecular flexibility index (Phi) is 5.47. The first-order valence-corrected chi connectivity index (χ1v) is 11.0. The highest BCUT2D eigenvalue weighted by atomic mass is 32.1. The number of aromatic nitrogens is 2. The molecule has 4 rings (SSSR count). The Hall–Kier alpha value is -2.93. The monoisotopic (exact) mass is 422 g/mol. The number of amides is 1. The number of benzene rings is 1. The average molecular weight is 423 g/mol. The average Bonchev–Trinajstić information content (AvgIpc) is 3.26. The van der Waals surface area contributed by atoms with Crippen LogP contribution in [0.3, 0.4) is 0 Å². The molecule has 0 unspecified atom stereocenters. The fourth-order valence-corrected chi connectivity index (χ4v) is 5.05. The van der Waals surface area contributed by atoms with E-state index < -0.39 is 0 Å². The summed E-state index contributed by atoms with van der Waals surface area (Å²) >= 11 is 1.60. The van der Waals surface area contributed by atoms with Gasteiger partial charge in [-0.2, -0.15) is 0 Å². The maximum atomic E-state index is 13.2. The number of thiazole rings is 1. The van der Waals surface area contributed by atoms with Gasteiger partial charge in [0, 0.05) is 55.8 Å². The number of anilines is 1. The minimum Gasteiger partial charge on any atom is -0.365 e. The summed E-state index contributed by atoms with van der Waals surface area (Å²) in [6.07, 6.45) is 1.57. The van der Waals surface area contributed by atoms with Crippen LogP contribution in [-0.2, 0) is 12.5 Å². The first-order chi connectivity index (χ1) is 14.4. The van der Waals surface area contributed by atoms with Crippen LogP contribution >= 0.6 is 11.3 Å². The molecule has 0 aliphatic carbocycles. The van der Waals surface area contributed by atoms with Crippen LogP contribution < -0.4 is 10.7 Å². The van der Waals surface area contributed by atoms with E-state index in [0.717, 1.165) is 29.4 Å². The van der Waals surface area contributed by atoms with Crippen LogP contribution in [0, 0.1) is 6.92 Å². The molecule has 0 atom stereocenters. The molecule has 0 radical (unpaired) electrons. The third-order valence-corrected chi connectivity index (χ3v) is 7.04. The van der Waals surface area contributed by atoms with Crippen LogP contribution in [-0.4, -0.2) is 40.5 Å². The molecule has 1 N–H and O–H groups in total. The molecule has 3 heterocycles. The molecule has 1 fully saturated rings. The normalized spacial score (nSPS) is 15.8. The number of nitrogens with one attached hydrogen (secondary N) is 1. The van der Waals surface area contributed by atoms with Crippen LogP contribution in [0.5, 0.6) is 0 Å². The molecular formula is C23H26N4O2S. The van der Waals surface area contributed by atoms with E-state index >= 15 is 0 Å². The highest BCUT2D eigenvalue weighted by molar-refractivity contribution is 7.13. The summed E-state index contributed by atoms with van der Waals surface area (Å²) in [6, 6.07) is 13.4. The molecule has 3 aromatic rings. The molecule has 1 aromatic carbocycles. The number of pyridine rings is 1. The molecule has 1 saturated heterocycles. The van der Waals surface area contributed by atoms with Crippen molar-refractivity contribution in [3.63, 3.8) is 0 Å². The van der Waals surface area contributed by atoms with Gasteiger partial charge in [0.05, 0.1) is 5.69 Å². The Labute approximate surface area is 180 Å². The highest BCUT2D eigenvalue weighted by Gasteiger charge is 2.41. The zero-order chi connectivity index (χ0) is 21.3. The maximum Gasteiger partial charge on any atom is 0.270 e. The second-order valence-corrected chi connectivity index (χ2v) is 8.66. The molecule has 7 heteroatoms. The van der Waals surface area contributed by atoms with Gasteiger partial charge in [-0.25, -0.2) is 4.98 Å². The fraction of sp³-hybridized carbons (Fsp3) is 0.348. The zero-order valence-corrected chi connectivity index (χ0v) is 18.3. The molecule has 0 bridgehead atoms. The summed E-state index contributed by atoms with van der Waals surface area (Å²) in [5.74, 6) is -0.0887. The molecular weight excluding hydrogens is 396 g/mol. The van der Waals surface area contributed by atoms with Gasteiger partial charge < -0.3 is 14.8 Å². The number of aryl methyl sites for hydroxylation is 1. The van der Waals surface area contributed by atoms with Crippen LogP contribution in [0.2, 0.25) is 0 Å². The third-order valence-electron chi connectivity index (χ3n) is 6.18. The van der Waals surface area contributed by atoms with Crippen LogP contribution in [0.1, 0.15) is 40.3 Å². The standard InChI is InChI=1S/C23H26N4O2S/c1-16-13-18(28)14-19(26(16)3)21(29)27-11-9-23(10-12-27,17-7-5-4-6-8-17)20-15-30-22(24-2)25-20/h4-8,13-15H,9-12H2,1-3H3,(H,24,25). The number of piperidine rings is 1. The van der Waals surface area contributed by atoms with Gasteiger partial charge in [0.1, 0.15) is 5.69 Å². The van der Waals surface area contributed by atoms with Gasteiger partial charge in [-0.1, -0.05) is 30.3 Å². The van der Waals surface area contributed by atoms with E-state index in [4.69, 9.17) is 4.98 Å². The minimum atomic E-state index is -0.220. The molecule has 0 spiro atoms. The summed E-state index contributed by atoms with van der Waals surface area (Å²) in [6.45, 7) is 3.07. The topological polar surface area (TPSA) is 67.2 Å². The van der Waals surface area contributed by atoms with E-state index in [-0.39, 0.29) is 16.8 Å². The number of nitrogens with zero attached hydrogens (tertiary/aromatic N) is 3. The van der Waals surface area contributed by atoms with Crippen molar-refractivity contribution in [2.45, 2.75) is 25.2 Å². The molecule has 2 aromatic heterocycles. The quantitative estimate of drug-likeness (QED) is 0.700. The third kappa shape index (κ3) is 3.54. The van der Waals surface area contributed by atoms with Crippen molar-refractivity contribution in [2.75, 3.05) is 25.5 Å². The second kappa shape index (κ2) is 8.07. The molecule has 1 amide bonds.